The van der Waals surface area contributed by atoms with Gasteiger partial charge in [0.05, 0.1) is 6.54 Å². The highest BCUT2D eigenvalue weighted by atomic mass is 32.1. The molecule has 0 spiro atoms. The summed E-state index contributed by atoms with van der Waals surface area (Å²) in [6.07, 6.45) is 2.13. The Balaban J connectivity index is 1.96. The van der Waals surface area contributed by atoms with E-state index in [-0.39, 0.29) is 5.91 Å². The number of carbonyl (C=O) groups excluding carboxylic acids is 1. The summed E-state index contributed by atoms with van der Waals surface area (Å²) in [6, 6.07) is 1.78. The topological polar surface area (TPSA) is 46.3 Å². The molecule has 1 unspecified atom stereocenters. The molecule has 4 nitrogen and oxygen atoms in total. The molecule has 2 heterocycles. The minimum absolute atomic E-state index is 0.187. The van der Waals surface area contributed by atoms with E-state index in [0.29, 0.717) is 18.9 Å². The van der Waals surface area contributed by atoms with Gasteiger partial charge >= 0.3 is 0 Å². The largest absolute Gasteiger partial charge is 0.364 e. The summed E-state index contributed by atoms with van der Waals surface area (Å²) in [5.41, 5.74) is 0.804. The minimum Gasteiger partial charge on any atom is -0.364 e. The van der Waals surface area contributed by atoms with Gasteiger partial charge < -0.3 is 9.42 Å². The second-order valence-corrected chi connectivity index (χ2v) is 3.88. The van der Waals surface area contributed by atoms with Gasteiger partial charge in [-0.2, -0.15) is 12.6 Å². The Hall–Kier alpha value is -0.970. The van der Waals surface area contributed by atoms with Gasteiger partial charge in [-0.25, -0.2) is 0 Å². The molecule has 0 aromatic carbocycles. The van der Waals surface area contributed by atoms with Crippen LogP contribution in [-0.2, 0) is 11.3 Å². The number of likely N-dealkylation sites (tertiary alicyclic amines) is 1. The highest BCUT2D eigenvalue weighted by Crippen LogP contribution is 2.20. The molecule has 5 heteroatoms. The molecule has 1 fully saturated rings. The normalized spacial score (nSPS) is 21.9. The maximum Gasteiger partial charge on any atom is 0.223 e. The summed E-state index contributed by atoms with van der Waals surface area (Å²) in [6.45, 7) is 1.34. The number of thiol groups is 1. The highest BCUT2D eigenvalue weighted by molar-refractivity contribution is 7.80. The first-order valence-electron chi connectivity index (χ1n) is 4.57. The van der Waals surface area contributed by atoms with Crippen molar-refractivity contribution in [2.24, 2.45) is 5.92 Å². The number of carbonyl (C=O) groups is 1. The van der Waals surface area contributed by atoms with Crippen LogP contribution >= 0.6 is 12.6 Å². The maximum absolute atomic E-state index is 11.5. The van der Waals surface area contributed by atoms with Gasteiger partial charge in [0, 0.05) is 19.0 Å². The van der Waals surface area contributed by atoms with Crippen LogP contribution < -0.4 is 0 Å². The van der Waals surface area contributed by atoms with Gasteiger partial charge in [-0.1, -0.05) is 5.16 Å². The molecule has 1 aliphatic rings. The van der Waals surface area contributed by atoms with Gasteiger partial charge in [0.1, 0.15) is 12.0 Å². The summed E-state index contributed by atoms with van der Waals surface area (Å²) in [4.78, 5) is 13.3. The van der Waals surface area contributed by atoms with E-state index < -0.39 is 0 Å². The monoisotopic (exact) mass is 212 g/mol. The number of aromatic nitrogens is 1. The Morgan fingerprint density at radius 1 is 1.71 bits per heavy atom. The summed E-state index contributed by atoms with van der Waals surface area (Å²) >= 11 is 4.20. The SMILES string of the molecule is O=C1CC(CS)CN1Cc1ccon1. The fraction of sp³-hybridized carbons (Fsp3) is 0.556. The minimum atomic E-state index is 0.187. The fourth-order valence-corrected chi connectivity index (χ4v) is 1.89. The van der Waals surface area contributed by atoms with E-state index in [0.717, 1.165) is 18.0 Å². The Kier molecular flexibility index (Phi) is 2.77. The molecule has 0 bridgehead atoms. The van der Waals surface area contributed by atoms with E-state index in [1.54, 1.807) is 11.0 Å². The van der Waals surface area contributed by atoms with Crippen molar-refractivity contribution in [2.45, 2.75) is 13.0 Å². The molecule has 1 aliphatic heterocycles. The number of nitrogens with zero attached hydrogens (tertiary/aromatic N) is 2. The van der Waals surface area contributed by atoms with Crippen LogP contribution in [0.15, 0.2) is 16.9 Å². The first-order chi connectivity index (χ1) is 6.79. The quantitative estimate of drug-likeness (QED) is 0.759. The number of hydrogen-bond acceptors (Lipinski definition) is 4. The zero-order chi connectivity index (χ0) is 9.97. The predicted molar refractivity (Wildman–Crippen MR) is 53.9 cm³/mol. The average molecular weight is 212 g/mol. The van der Waals surface area contributed by atoms with E-state index in [9.17, 15) is 4.79 Å². The van der Waals surface area contributed by atoms with Crippen molar-refractivity contribution < 1.29 is 9.32 Å². The maximum atomic E-state index is 11.5. The van der Waals surface area contributed by atoms with Crippen LogP contribution in [-0.4, -0.2) is 28.3 Å². The number of rotatable bonds is 3. The van der Waals surface area contributed by atoms with Gasteiger partial charge in [-0.05, 0) is 11.7 Å². The highest BCUT2D eigenvalue weighted by Gasteiger charge is 2.28. The van der Waals surface area contributed by atoms with Gasteiger partial charge in [-0.15, -0.1) is 0 Å². The summed E-state index contributed by atoms with van der Waals surface area (Å²) in [7, 11) is 0. The molecule has 1 aromatic rings. The molecular weight excluding hydrogens is 200 g/mol. The molecule has 1 atom stereocenters. The van der Waals surface area contributed by atoms with E-state index >= 15 is 0 Å². The standard InChI is InChI=1S/C9H12N2O2S/c12-9-3-7(6-14)4-11(9)5-8-1-2-13-10-8/h1-2,7,14H,3-6H2. The van der Waals surface area contributed by atoms with Gasteiger partial charge in [0.15, 0.2) is 0 Å². The molecule has 2 rings (SSSR count). The van der Waals surface area contributed by atoms with Crippen molar-refractivity contribution in [3.8, 4) is 0 Å². The molecule has 0 aliphatic carbocycles. The third-order valence-corrected chi connectivity index (χ3v) is 2.91. The Labute approximate surface area is 87.7 Å². The van der Waals surface area contributed by atoms with E-state index in [2.05, 4.69) is 17.8 Å². The van der Waals surface area contributed by atoms with Crippen LogP contribution in [0, 0.1) is 5.92 Å². The number of amides is 1. The lowest BCUT2D eigenvalue weighted by atomic mass is 10.1. The smallest absolute Gasteiger partial charge is 0.223 e. The molecule has 14 heavy (non-hydrogen) atoms. The lowest BCUT2D eigenvalue weighted by molar-refractivity contribution is -0.128. The van der Waals surface area contributed by atoms with Crippen LogP contribution in [0.4, 0.5) is 0 Å². The van der Waals surface area contributed by atoms with Crippen LogP contribution in [0.3, 0.4) is 0 Å². The second-order valence-electron chi connectivity index (χ2n) is 3.52. The lowest BCUT2D eigenvalue weighted by Crippen LogP contribution is -2.24. The molecule has 1 aromatic heterocycles. The number of hydrogen-bond donors (Lipinski definition) is 1. The van der Waals surface area contributed by atoms with Gasteiger partial charge in [-0.3, -0.25) is 4.79 Å². The zero-order valence-electron chi connectivity index (χ0n) is 7.72. The van der Waals surface area contributed by atoms with E-state index in [1.807, 2.05) is 0 Å². The zero-order valence-corrected chi connectivity index (χ0v) is 8.61. The second kappa shape index (κ2) is 4.04. The fourth-order valence-electron chi connectivity index (χ4n) is 1.64. The third-order valence-electron chi connectivity index (χ3n) is 2.40. The van der Waals surface area contributed by atoms with Crippen LogP contribution in [0.5, 0.6) is 0 Å². The van der Waals surface area contributed by atoms with Crippen molar-refractivity contribution >= 4 is 18.5 Å². The summed E-state index contributed by atoms with van der Waals surface area (Å²) in [5.74, 6) is 1.34. The van der Waals surface area contributed by atoms with Crippen molar-refractivity contribution in [1.29, 1.82) is 0 Å². The molecule has 76 valence electrons. The Morgan fingerprint density at radius 2 is 2.57 bits per heavy atom. The van der Waals surface area contributed by atoms with Crippen molar-refractivity contribution in [2.75, 3.05) is 12.3 Å². The Bertz CT molecular complexity index is 313. The van der Waals surface area contributed by atoms with Crippen molar-refractivity contribution in [1.82, 2.24) is 10.1 Å². The first-order valence-corrected chi connectivity index (χ1v) is 5.20. The van der Waals surface area contributed by atoms with Crippen molar-refractivity contribution in [3.63, 3.8) is 0 Å². The molecule has 1 saturated heterocycles. The van der Waals surface area contributed by atoms with Crippen molar-refractivity contribution in [3.05, 3.63) is 18.0 Å². The first kappa shape index (κ1) is 9.58. The van der Waals surface area contributed by atoms with Crippen LogP contribution in [0.25, 0.3) is 0 Å². The van der Waals surface area contributed by atoms with Gasteiger partial charge in [0.25, 0.3) is 0 Å². The summed E-state index contributed by atoms with van der Waals surface area (Å²) in [5, 5.41) is 3.78. The molecule has 1 amide bonds. The average Bonchev–Trinajstić information content (AvgIpc) is 2.78. The molecule has 0 radical (unpaired) electrons. The lowest BCUT2D eigenvalue weighted by Gasteiger charge is -2.13. The van der Waals surface area contributed by atoms with Crippen LogP contribution in [0.1, 0.15) is 12.1 Å². The molecule has 0 saturated carbocycles. The molecular formula is C9H12N2O2S. The van der Waals surface area contributed by atoms with Gasteiger partial charge in [0.2, 0.25) is 5.91 Å². The summed E-state index contributed by atoms with van der Waals surface area (Å²) < 4.78 is 4.71. The molecule has 0 N–H and O–H groups in total. The van der Waals surface area contributed by atoms with E-state index in [4.69, 9.17) is 4.52 Å². The predicted octanol–water partition coefficient (Wildman–Crippen LogP) is 0.953. The van der Waals surface area contributed by atoms with E-state index in [1.165, 1.54) is 6.26 Å². The third kappa shape index (κ3) is 1.92. The Morgan fingerprint density at radius 3 is 3.14 bits per heavy atom. The van der Waals surface area contributed by atoms with Crippen LogP contribution in [0.2, 0.25) is 0 Å².